The minimum absolute atomic E-state index is 0.264. The number of nitrogen functional groups attached to an aromatic ring is 1. The highest BCUT2D eigenvalue weighted by Crippen LogP contribution is 2.29. The van der Waals surface area contributed by atoms with Gasteiger partial charge in [0, 0.05) is 42.5 Å². The van der Waals surface area contributed by atoms with Gasteiger partial charge in [-0.25, -0.2) is 19.5 Å². The number of hydrogen-bond donors (Lipinski definition) is 2. The van der Waals surface area contributed by atoms with Gasteiger partial charge in [-0.3, -0.25) is 4.98 Å². The number of nitrogens with zero attached hydrogens (tertiary/aromatic N) is 6. The second kappa shape index (κ2) is 6.40. The summed E-state index contributed by atoms with van der Waals surface area (Å²) >= 11 is 0. The summed E-state index contributed by atoms with van der Waals surface area (Å²) < 4.78 is 1.68. The van der Waals surface area contributed by atoms with E-state index in [0.29, 0.717) is 22.7 Å². The van der Waals surface area contributed by atoms with Crippen LogP contribution in [0.15, 0.2) is 49.3 Å². The molecular formula is C18H18N8. The molecule has 0 aliphatic heterocycles. The second-order valence-corrected chi connectivity index (χ2v) is 6.19. The number of nitrogens with two attached hydrogens (primary N) is 1. The van der Waals surface area contributed by atoms with Crippen molar-refractivity contribution >= 4 is 17.3 Å². The third-order valence-electron chi connectivity index (χ3n) is 3.87. The molecule has 130 valence electrons. The number of fused-ring (bicyclic) bond motifs is 1. The number of nitrogens with one attached hydrogen (secondary N) is 1. The average molecular weight is 346 g/mol. The summed E-state index contributed by atoms with van der Waals surface area (Å²) in [6.45, 7) is 4.10. The van der Waals surface area contributed by atoms with Gasteiger partial charge < -0.3 is 11.1 Å². The van der Waals surface area contributed by atoms with Crippen molar-refractivity contribution in [1.82, 2.24) is 29.5 Å². The quantitative estimate of drug-likeness (QED) is 0.585. The van der Waals surface area contributed by atoms with Gasteiger partial charge in [-0.1, -0.05) is 0 Å². The Morgan fingerprint density at radius 2 is 1.88 bits per heavy atom. The van der Waals surface area contributed by atoms with E-state index in [0.717, 1.165) is 16.9 Å². The van der Waals surface area contributed by atoms with Crippen molar-refractivity contribution in [3.63, 3.8) is 0 Å². The van der Waals surface area contributed by atoms with E-state index in [4.69, 9.17) is 5.73 Å². The normalized spacial score (nSPS) is 11.2. The van der Waals surface area contributed by atoms with Gasteiger partial charge in [0.2, 0.25) is 0 Å². The average Bonchev–Trinajstić information content (AvgIpc) is 2.97. The Kier molecular flexibility index (Phi) is 3.92. The van der Waals surface area contributed by atoms with Crippen LogP contribution >= 0.6 is 0 Å². The molecule has 4 aromatic rings. The SMILES string of the molecule is CC(C)Nc1cc(-c2c(N)nn3cc(-c4ccncc4)cnc23)ncn1. The molecule has 0 amide bonds. The predicted molar refractivity (Wildman–Crippen MR) is 100 cm³/mol. The summed E-state index contributed by atoms with van der Waals surface area (Å²) in [5.41, 5.74) is 10.1. The maximum absolute atomic E-state index is 6.16. The van der Waals surface area contributed by atoms with Crippen LogP contribution in [0.4, 0.5) is 11.6 Å². The van der Waals surface area contributed by atoms with Crippen LogP contribution in [-0.2, 0) is 0 Å². The van der Waals surface area contributed by atoms with E-state index in [9.17, 15) is 0 Å². The molecule has 0 saturated carbocycles. The van der Waals surface area contributed by atoms with E-state index in [2.05, 4.69) is 30.4 Å². The number of rotatable bonds is 4. The Labute approximate surface area is 150 Å². The molecule has 0 radical (unpaired) electrons. The molecule has 0 bridgehead atoms. The molecule has 0 fully saturated rings. The highest BCUT2D eigenvalue weighted by atomic mass is 15.3. The van der Waals surface area contributed by atoms with E-state index in [-0.39, 0.29) is 6.04 Å². The Balaban J connectivity index is 1.80. The molecule has 3 N–H and O–H groups in total. The minimum Gasteiger partial charge on any atom is -0.382 e. The molecule has 0 saturated heterocycles. The standard InChI is InChI=1S/C18H18N8/c1-11(2)24-15-7-14(22-10-23-15)16-17(19)25-26-9-13(8-21-18(16)26)12-3-5-20-6-4-12/h3-11H,1-2H3,(H2,19,25)(H,22,23,24). The van der Waals surface area contributed by atoms with Gasteiger partial charge in [0.15, 0.2) is 11.5 Å². The molecule has 8 heteroatoms. The van der Waals surface area contributed by atoms with E-state index in [1.165, 1.54) is 6.33 Å². The van der Waals surface area contributed by atoms with Crippen LogP contribution in [0.2, 0.25) is 0 Å². The number of pyridine rings is 1. The topological polar surface area (TPSA) is 107 Å². The first-order valence-corrected chi connectivity index (χ1v) is 8.25. The largest absolute Gasteiger partial charge is 0.382 e. The Bertz CT molecular complexity index is 1060. The molecule has 4 heterocycles. The molecule has 4 aromatic heterocycles. The minimum atomic E-state index is 0.264. The van der Waals surface area contributed by atoms with Gasteiger partial charge in [0.05, 0.1) is 11.3 Å². The maximum Gasteiger partial charge on any atom is 0.166 e. The van der Waals surface area contributed by atoms with Crippen LogP contribution in [0.5, 0.6) is 0 Å². The van der Waals surface area contributed by atoms with Crippen LogP contribution in [-0.4, -0.2) is 35.6 Å². The van der Waals surface area contributed by atoms with Crippen LogP contribution < -0.4 is 11.1 Å². The van der Waals surface area contributed by atoms with Gasteiger partial charge >= 0.3 is 0 Å². The van der Waals surface area contributed by atoms with E-state index in [1.54, 1.807) is 23.1 Å². The summed E-state index contributed by atoms with van der Waals surface area (Å²) in [6, 6.07) is 5.96. The zero-order valence-electron chi connectivity index (χ0n) is 14.5. The van der Waals surface area contributed by atoms with Gasteiger partial charge in [0.1, 0.15) is 12.1 Å². The van der Waals surface area contributed by atoms with Crippen LogP contribution in [0.3, 0.4) is 0 Å². The summed E-state index contributed by atoms with van der Waals surface area (Å²) in [5, 5.41) is 7.66. The monoisotopic (exact) mass is 346 g/mol. The second-order valence-electron chi connectivity index (χ2n) is 6.19. The summed E-state index contributed by atoms with van der Waals surface area (Å²) in [7, 11) is 0. The number of anilines is 2. The fourth-order valence-corrected chi connectivity index (χ4v) is 2.76. The molecule has 0 spiro atoms. The Morgan fingerprint density at radius 1 is 1.08 bits per heavy atom. The first kappa shape index (κ1) is 15.9. The van der Waals surface area contributed by atoms with Crippen molar-refractivity contribution in [3.05, 3.63) is 49.3 Å². The maximum atomic E-state index is 6.16. The third kappa shape index (κ3) is 2.92. The fourth-order valence-electron chi connectivity index (χ4n) is 2.76. The Hall–Kier alpha value is -3.55. The molecule has 0 atom stereocenters. The van der Waals surface area contributed by atoms with Gasteiger partial charge in [-0.05, 0) is 31.5 Å². The van der Waals surface area contributed by atoms with Crippen molar-refractivity contribution in [2.24, 2.45) is 0 Å². The zero-order chi connectivity index (χ0) is 18.1. The van der Waals surface area contributed by atoms with Crippen molar-refractivity contribution in [2.75, 3.05) is 11.1 Å². The lowest BCUT2D eigenvalue weighted by Gasteiger charge is -2.09. The summed E-state index contributed by atoms with van der Waals surface area (Å²) in [6.07, 6.45) is 8.68. The van der Waals surface area contributed by atoms with E-state index >= 15 is 0 Å². The summed E-state index contributed by atoms with van der Waals surface area (Å²) in [4.78, 5) is 17.2. The molecule has 0 unspecified atom stereocenters. The van der Waals surface area contributed by atoms with Crippen molar-refractivity contribution < 1.29 is 0 Å². The summed E-state index contributed by atoms with van der Waals surface area (Å²) in [5.74, 6) is 1.11. The third-order valence-corrected chi connectivity index (χ3v) is 3.87. The van der Waals surface area contributed by atoms with Crippen molar-refractivity contribution in [3.8, 4) is 22.4 Å². The lowest BCUT2D eigenvalue weighted by atomic mass is 10.1. The van der Waals surface area contributed by atoms with Crippen LogP contribution in [0.1, 0.15) is 13.8 Å². The molecule has 0 aliphatic rings. The first-order chi connectivity index (χ1) is 12.6. The van der Waals surface area contributed by atoms with Gasteiger partial charge in [0.25, 0.3) is 0 Å². The molecule has 0 aromatic carbocycles. The van der Waals surface area contributed by atoms with Crippen molar-refractivity contribution in [2.45, 2.75) is 19.9 Å². The van der Waals surface area contributed by atoms with E-state index < -0.39 is 0 Å². The van der Waals surface area contributed by atoms with Crippen LogP contribution in [0, 0.1) is 0 Å². The number of aromatic nitrogens is 6. The fraction of sp³-hybridized carbons (Fsp3) is 0.167. The first-order valence-electron chi connectivity index (χ1n) is 8.25. The smallest absolute Gasteiger partial charge is 0.166 e. The molecule has 4 rings (SSSR count). The van der Waals surface area contributed by atoms with Gasteiger partial charge in [-0.2, -0.15) is 0 Å². The van der Waals surface area contributed by atoms with Crippen molar-refractivity contribution in [1.29, 1.82) is 0 Å². The lowest BCUT2D eigenvalue weighted by Crippen LogP contribution is -2.11. The van der Waals surface area contributed by atoms with E-state index in [1.807, 2.05) is 38.2 Å². The van der Waals surface area contributed by atoms with Crippen LogP contribution in [0.25, 0.3) is 28.0 Å². The lowest BCUT2D eigenvalue weighted by molar-refractivity contribution is 0.886. The highest BCUT2D eigenvalue weighted by Gasteiger charge is 2.16. The molecular weight excluding hydrogens is 328 g/mol. The predicted octanol–water partition coefficient (Wildman–Crippen LogP) is 2.65. The van der Waals surface area contributed by atoms with Gasteiger partial charge in [-0.15, -0.1) is 5.10 Å². The molecule has 0 aliphatic carbocycles. The molecule has 8 nitrogen and oxygen atoms in total. The number of hydrogen-bond acceptors (Lipinski definition) is 7. The highest BCUT2D eigenvalue weighted by molar-refractivity contribution is 5.85. The molecule has 26 heavy (non-hydrogen) atoms. The Morgan fingerprint density at radius 3 is 2.65 bits per heavy atom. The zero-order valence-corrected chi connectivity index (χ0v) is 14.5.